The van der Waals surface area contributed by atoms with E-state index >= 15 is 0 Å². The number of hydrogen-bond donors (Lipinski definition) is 2. The van der Waals surface area contributed by atoms with Gasteiger partial charge in [0.1, 0.15) is 11.1 Å². The van der Waals surface area contributed by atoms with Crippen LogP contribution < -0.4 is 5.32 Å². The number of hydrogen-bond acceptors (Lipinski definition) is 6. The first-order valence-electron chi connectivity index (χ1n) is 10.4. The number of nitrogens with one attached hydrogen (secondary N) is 2. The number of amides is 1. The first-order valence-corrected chi connectivity index (χ1v) is 10.8. The lowest BCUT2D eigenvalue weighted by Gasteiger charge is -2.19. The number of carbonyl (C=O) groups is 1. The first-order chi connectivity index (χ1) is 15.2. The molecule has 8 nitrogen and oxygen atoms in total. The fourth-order valence-electron chi connectivity index (χ4n) is 3.07. The van der Waals surface area contributed by atoms with Crippen LogP contribution in [0.4, 0.5) is 10.7 Å². The number of imidazole rings is 1. The number of H-pyrrole nitrogens is 1. The van der Waals surface area contributed by atoms with Crippen LogP contribution in [-0.4, -0.2) is 37.7 Å². The maximum Gasteiger partial charge on any atom is 0.414 e. The maximum atomic E-state index is 11.5. The fraction of sp³-hybridized carbons (Fsp3) is 0.391. The molecule has 1 amide bonds. The molecule has 32 heavy (non-hydrogen) atoms. The molecular weight excluding hydrogens is 430 g/mol. The number of fused-ring (bicyclic) bond motifs is 1. The quantitative estimate of drug-likeness (QED) is 0.386. The maximum absolute atomic E-state index is 11.5. The van der Waals surface area contributed by atoms with E-state index in [1.54, 1.807) is 20.8 Å². The zero-order valence-electron chi connectivity index (χ0n) is 18.5. The van der Waals surface area contributed by atoms with Gasteiger partial charge in [-0.1, -0.05) is 54.1 Å². The van der Waals surface area contributed by atoms with Crippen LogP contribution in [0.3, 0.4) is 0 Å². The van der Waals surface area contributed by atoms with Gasteiger partial charge < -0.3 is 14.5 Å². The molecule has 2 N–H and O–H groups in total. The Morgan fingerprint density at radius 2 is 2.03 bits per heavy atom. The second kappa shape index (κ2) is 10.6. The van der Waals surface area contributed by atoms with Crippen molar-refractivity contribution >= 4 is 34.8 Å². The molecule has 0 saturated heterocycles. The zero-order chi connectivity index (χ0) is 23.1. The van der Waals surface area contributed by atoms with Crippen molar-refractivity contribution in [3.63, 3.8) is 0 Å². The smallest absolute Gasteiger partial charge is 0.414 e. The van der Waals surface area contributed by atoms with E-state index in [2.05, 4.69) is 44.0 Å². The summed E-state index contributed by atoms with van der Waals surface area (Å²) in [6.07, 6.45) is 4.54. The average molecular weight is 458 g/mol. The Bertz CT molecular complexity index is 1060. The number of halogens is 1. The molecule has 1 fully saturated rings. The monoisotopic (exact) mass is 457 g/mol. The topological polar surface area (TPSA) is 102 Å². The summed E-state index contributed by atoms with van der Waals surface area (Å²) in [6, 6.07) is 10.3. The molecule has 0 radical (unpaired) electrons. The van der Waals surface area contributed by atoms with Gasteiger partial charge in [-0.3, -0.25) is 5.32 Å². The lowest BCUT2D eigenvalue weighted by molar-refractivity contribution is 0.0475. The summed E-state index contributed by atoms with van der Waals surface area (Å²) in [5, 5.41) is 2.58. The summed E-state index contributed by atoms with van der Waals surface area (Å²) in [5.41, 5.74) is 2.89. The third-order valence-electron chi connectivity index (χ3n) is 4.52. The number of benzene rings is 1. The van der Waals surface area contributed by atoms with Crippen LogP contribution in [0.15, 0.2) is 48.8 Å². The number of nitrogens with zero attached hydrogens (tertiary/aromatic N) is 3. The van der Waals surface area contributed by atoms with Gasteiger partial charge in [0.2, 0.25) is 5.95 Å². The van der Waals surface area contributed by atoms with Crippen LogP contribution >= 0.6 is 11.6 Å². The Labute approximate surface area is 192 Å². The largest absolute Gasteiger partial charge is 0.444 e. The van der Waals surface area contributed by atoms with Gasteiger partial charge in [-0.15, -0.1) is 0 Å². The minimum absolute atomic E-state index is 0.0499. The number of aromatic amines is 1. The van der Waals surface area contributed by atoms with Gasteiger partial charge in [0.05, 0.1) is 19.0 Å². The highest BCUT2D eigenvalue weighted by molar-refractivity contribution is 6.33. The molecular formula is C23H28ClN5O3. The Balaban J connectivity index is 0.000000186. The molecule has 1 atom stereocenters. The minimum Gasteiger partial charge on any atom is -0.444 e. The van der Waals surface area contributed by atoms with Crippen molar-refractivity contribution < 1.29 is 14.3 Å². The second-order valence-electron chi connectivity index (χ2n) is 8.48. The molecule has 2 heterocycles. The van der Waals surface area contributed by atoms with Crippen LogP contribution in [0.2, 0.25) is 5.15 Å². The van der Waals surface area contributed by atoms with Gasteiger partial charge >= 0.3 is 6.09 Å². The standard InChI is InChI=1S/C13H16O.C10H12ClN5O2/c1-11-7-8-13(9-11)14-10-12-5-3-2-4-6-12;1-10(2,3)18-9(17)16-8-14-6(11)5-7(15-8)13-4-12-5/h2-6,13H,1,7-10H2;4H,1-3H3,(H2,12,13,14,15,16,17). The fourth-order valence-corrected chi connectivity index (χ4v) is 3.29. The van der Waals surface area contributed by atoms with Gasteiger partial charge in [-0.2, -0.15) is 9.97 Å². The molecule has 0 aliphatic heterocycles. The Hall–Kier alpha value is -2.97. The molecule has 1 unspecified atom stereocenters. The summed E-state index contributed by atoms with van der Waals surface area (Å²) >= 11 is 5.91. The van der Waals surface area contributed by atoms with Crippen molar-refractivity contribution in [2.24, 2.45) is 0 Å². The Kier molecular flexibility index (Phi) is 7.82. The van der Waals surface area contributed by atoms with Gasteiger partial charge in [0, 0.05) is 0 Å². The summed E-state index contributed by atoms with van der Waals surface area (Å²) in [6.45, 7) is 10.00. The molecule has 3 aromatic rings. The average Bonchev–Trinajstić information content (AvgIpc) is 3.35. The van der Waals surface area contributed by atoms with Gasteiger partial charge in [-0.25, -0.2) is 9.78 Å². The molecule has 1 aliphatic rings. The highest BCUT2D eigenvalue weighted by atomic mass is 35.5. The lowest BCUT2D eigenvalue weighted by Crippen LogP contribution is -2.27. The second-order valence-corrected chi connectivity index (χ2v) is 8.84. The molecule has 1 aromatic carbocycles. The molecule has 4 rings (SSSR count). The van der Waals surface area contributed by atoms with Crippen molar-refractivity contribution in [3.05, 3.63) is 59.5 Å². The molecule has 2 aromatic heterocycles. The highest BCUT2D eigenvalue weighted by Gasteiger charge is 2.19. The Morgan fingerprint density at radius 3 is 2.69 bits per heavy atom. The van der Waals surface area contributed by atoms with Crippen LogP contribution in [0, 0.1) is 0 Å². The third-order valence-corrected chi connectivity index (χ3v) is 4.79. The zero-order valence-corrected chi connectivity index (χ0v) is 19.3. The highest BCUT2D eigenvalue weighted by Crippen LogP contribution is 2.26. The van der Waals surface area contributed by atoms with Crippen molar-refractivity contribution in [3.8, 4) is 0 Å². The van der Waals surface area contributed by atoms with E-state index in [1.807, 2.05) is 18.2 Å². The van der Waals surface area contributed by atoms with E-state index in [1.165, 1.54) is 17.5 Å². The molecule has 0 bridgehead atoms. The Morgan fingerprint density at radius 1 is 1.28 bits per heavy atom. The van der Waals surface area contributed by atoms with Gasteiger partial charge in [0.15, 0.2) is 10.8 Å². The van der Waals surface area contributed by atoms with Crippen molar-refractivity contribution in [1.82, 2.24) is 19.9 Å². The van der Waals surface area contributed by atoms with Crippen molar-refractivity contribution in [2.75, 3.05) is 5.32 Å². The van der Waals surface area contributed by atoms with E-state index in [-0.39, 0.29) is 11.1 Å². The first kappa shape index (κ1) is 23.7. The van der Waals surface area contributed by atoms with Crippen LogP contribution in [0.25, 0.3) is 11.2 Å². The molecule has 1 saturated carbocycles. The van der Waals surface area contributed by atoms with Gasteiger partial charge in [0.25, 0.3) is 0 Å². The van der Waals surface area contributed by atoms with E-state index in [4.69, 9.17) is 21.1 Å². The van der Waals surface area contributed by atoms with E-state index in [9.17, 15) is 4.79 Å². The van der Waals surface area contributed by atoms with E-state index < -0.39 is 11.7 Å². The number of ether oxygens (including phenoxy) is 2. The summed E-state index contributed by atoms with van der Waals surface area (Å²) in [4.78, 5) is 26.2. The number of rotatable bonds is 4. The molecule has 170 valence electrons. The SMILES string of the molecule is C=C1CCC(OCc2ccccc2)C1.CC(C)(C)OC(=O)Nc1nc(Cl)c2[nH]cnc2n1. The summed E-state index contributed by atoms with van der Waals surface area (Å²) in [7, 11) is 0. The predicted molar refractivity (Wildman–Crippen MR) is 125 cm³/mol. The van der Waals surface area contributed by atoms with Crippen molar-refractivity contribution in [1.29, 1.82) is 0 Å². The molecule has 1 aliphatic carbocycles. The summed E-state index contributed by atoms with van der Waals surface area (Å²) < 4.78 is 10.9. The number of aromatic nitrogens is 4. The normalized spacial score (nSPS) is 15.9. The minimum atomic E-state index is -0.645. The number of carbonyl (C=O) groups excluding carboxylic acids is 1. The predicted octanol–water partition coefficient (Wildman–Crippen LogP) is 5.67. The van der Waals surface area contributed by atoms with E-state index in [0.717, 1.165) is 25.9 Å². The van der Waals surface area contributed by atoms with Crippen LogP contribution in [0.1, 0.15) is 45.6 Å². The molecule has 0 spiro atoms. The van der Waals surface area contributed by atoms with Gasteiger partial charge in [-0.05, 0) is 45.6 Å². The third kappa shape index (κ3) is 7.32. The lowest BCUT2D eigenvalue weighted by atomic mass is 10.2. The van der Waals surface area contributed by atoms with Crippen LogP contribution in [0.5, 0.6) is 0 Å². The molecule has 9 heteroatoms. The van der Waals surface area contributed by atoms with E-state index in [0.29, 0.717) is 17.3 Å². The summed E-state index contributed by atoms with van der Waals surface area (Å²) in [5.74, 6) is 0.0499. The van der Waals surface area contributed by atoms with Crippen molar-refractivity contribution in [2.45, 2.75) is 58.3 Å². The number of anilines is 1. The van der Waals surface area contributed by atoms with Crippen LogP contribution in [-0.2, 0) is 16.1 Å².